The number of furan rings is 1. The van der Waals surface area contributed by atoms with Gasteiger partial charge in [-0.3, -0.25) is 9.59 Å². The number of hydrogen-bond donors (Lipinski definition) is 2. The molecule has 2 amide bonds. The normalized spacial score (nSPS) is 13.0. The molecule has 0 saturated carbocycles. The number of anilines is 1. The second-order valence-electron chi connectivity index (χ2n) is 9.48. The van der Waals surface area contributed by atoms with Gasteiger partial charge >= 0.3 is 5.97 Å². The quantitative estimate of drug-likeness (QED) is 0.176. The first-order valence-corrected chi connectivity index (χ1v) is 15.2. The molecule has 1 aliphatic carbocycles. The van der Waals surface area contributed by atoms with Crippen molar-refractivity contribution in [2.24, 2.45) is 0 Å². The standard InChI is InChI=1S/C29H31N5O5S2/c1-3-38-28(37)24-20-11-7-13-22(20)41-27(24)31-25(35)18(2)40-29-33-32-23(17-30-26(36)21-12-8-16-39-21)34(29)15-14-19-9-5-4-6-10-19/h4-6,8-10,12,16,18H,3,7,11,13-15,17H2,1-2H3,(H,30,36)(H,31,35)/t18-/m0/s1. The van der Waals surface area contributed by atoms with Crippen molar-refractivity contribution in [3.63, 3.8) is 0 Å². The molecule has 3 aromatic heterocycles. The number of rotatable bonds is 12. The number of nitrogens with zero attached hydrogens (tertiary/aromatic N) is 3. The highest BCUT2D eigenvalue weighted by atomic mass is 32.2. The van der Waals surface area contributed by atoms with E-state index in [1.807, 2.05) is 34.9 Å². The number of aryl methyl sites for hydroxylation is 2. The van der Waals surface area contributed by atoms with Crippen LogP contribution in [-0.4, -0.2) is 44.4 Å². The number of benzene rings is 1. The number of ether oxygens (including phenoxy) is 1. The number of amides is 2. The Balaban J connectivity index is 1.31. The molecule has 0 bridgehead atoms. The topological polar surface area (TPSA) is 128 Å². The summed E-state index contributed by atoms with van der Waals surface area (Å²) < 4.78 is 12.4. The molecule has 3 heterocycles. The van der Waals surface area contributed by atoms with Crippen molar-refractivity contribution in [1.29, 1.82) is 0 Å². The third-order valence-corrected chi connectivity index (χ3v) is 8.99. The Hall–Kier alpha value is -3.90. The monoisotopic (exact) mass is 593 g/mol. The Bertz CT molecular complexity index is 1510. The highest BCUT2D eigenvalue weighted by molar-refractivity contribution is 8.00. The number of aromatic nitrogens is 3. The van der Waals surface area contributed by atoms with Crippen LogP contribution in [0.1, 0.15) is 63.0 Å². The number of carbonyl (C=O) groups is 3. The lowest BCUT2D eigenvalue weighted by molar-refractivity contribution is -0.115. The van der Waals surface area contributed by atoms with Crippen LogP contribution in [0.3, 0.4) is 0 Å². The Morgan fingerprint density at radius 2 is 1.98 bits per heavy atom. The molecule has 0 aliphatic heterocycles. The molecular formula is C29H31N5O5S2. The molecule has 0 saturated heterocycles. The Labute approximate surface area is 245 Å². The van der Waals surface area contributed by atoms with E-state index in [-0.39, 0.29) is 30.7 Å². The van der Waals surface area contributed by atoms with E-state index in [4.69, 9.17) is 9.15 Å². The van der Waals surface area contributed by atoms with E-state index in [2.05, 4.69) is 20.8 Å². The fourth-order valence-electron chi connectivity index (χ4n) is 4.64. The van der Waals surface area contributed by atoms with E-state index < -0.39 is 11.2 Å². The fourth-order valence-corrected chi connectivity index (χ4v) is 6.81. The van der Waals surface area contributed by atoms with Crippen LogP contribution in [0.5, 0.6) is 0 Å². The first-order chi connectivity index (χ1) is 19.9. The van der Waals surface area contributed by atoms with Crippen LogP contribution in [-0.2, 0) is 41.9 Å². The predicted molar refractivity (Wildman–Crippen MR) is 156 cm³/mol. The van der Waals surface area contributed by atoms with Crippen molar-refractivity contribution in [1.82, 2.24) is 20.1 Å². The van der Waals surface area contributed by atoms with Gasteiger partial charge in [-0.05, 0) is 62.8 Å². The van der Waals surface area contributed by atoms with Crippen molar-refractivity contribution in [3.05, 3.63) is 81.9 Å². The van der Waals surface area contributed by atoms with Crippen LogP contribution >= 0.6 is 23.1 Å². The van der Waals surface area contributed by atoms with Crippen molar-refractivity contribution < 1.29 is 23.5 Å². The summed E-state index contributed by atoms with van der Waals surface area (Å²) >= 11 is 2.73. The zero-order valence-electron chi connectivity index (χ0n) is 22.8. The van der Waals surface area contributed by atoms with E-state index in [1.165, 1.54) is 29.4 Å². The number of thioether (sulfide) groups is 1. The molecule has 4 aromatic rings. The molecule has 1 atom stereocenters. The second kappa shape index (κ2) is 13.2. The van der Waals surface area contributed by atoms with Crippen LogP contribution in [0.25, 0.3) is 0 Å². The third kappa shape index (κ3) is 6.71. The summed E-state index contributed by atoms with van der Waals surface area (Å²) in [7, 11) is 0. The zero-order valence-corrected chi connectivity index (χ0v) is 24.5. The summed E-state index contributed by atoms with van der Waals surface area (Å²) in [5, 5.41) is 15.0. The minimum atomic E-state index is -0.535. The first kappa shape index (κ1) is 28.6. The highest BCUT2D eigenvalue weighted by Gasteiger charge is 2.30. The maximum Gasteiger partial charge on any atom is 0.341 e. The number of nitrogens with one attached hydrogen (secondary N) is 2. The predicted octanol–water partition coefficient (Wildman–Crippen LogP) is 4.89. The lowest BCUT2D eigenvalue weighted by Gasteiger charge is -2.14. The van der Waals surface area contributed by atoms with E-state index in [0.717, 1.165) is 41.7 Å². The van der Waals surface area contributed by atoms with Gasteiger partial charge in [0, 0.05) is 11.4 Å². The molecule has 12 heteroatoms. The van der Waals surface area contributed by atoms with Gasteiger partial charge in [-0.2, -0.15) is 0 Å². The third-order valence-electron chi connectivity index (χ3n) is 6.70. The second-order valence-corrected chi connectivity index (χ2v) is 11.9. The molecule has 2 N–H and O–H groups in total. The SMILES string of the molecule is CCOC(=O)c1c(NC(=O)[C@H](C)Sc2nnc(CNC(=O)c3ccco3)n2CCc2ccccc2)sc2c1CCC2. The maximum atomic E-state index is 13.3. The molecule has 0 radical (unpaired) electrons. The molecule has 214 valence electrons. The van der Waals surface area contributed by atoms with Crippen LogP contribution in [0.4, 0.5) is 5.00 Å². The maximum absolute atomic E-state index is 13.3. The summed E-state index contributed by atoms with van der Waals surface area (Å²) in [4.78, 5) is 39.6. The lowest BCUT2D eigenvalue weighted by atomic mass is 10.1. The Morgan fingerprint density at radius 3 is 2.73 bits per heavy atom. The summed E-state index contributed by atoms with van der Waals surface area (Å²) in [6.45, 7) is 4.54. The van der Waals surface area contributed by atoms with Gasteiger partial charge in [0.1, 0.15) is 5.00 Å². The summed E-state index contributed by atoms with van der Waals surface area (Å²) in [6, 6.07) is 13.3. The van der Waals surface area contributed by atoms with Gasteiger partial charge in [-0.1, -0.05) is 42.1 Å². The zero-order chi connectivity index (χ0) is 28.8. The minimum absolute atomic E-state index is 0.145. The fraction of sp³-hybridized carbons (Fsp3) is 0.345. The van der Waals surface area contributed by atoms with E-state index in [9.17, 15) is 14.4 Å². The number of fused-ring (bicyclic) bond motifs is 1. The molecule has 41 heavy (non-hydrogen) atoms. The van der Waals surface area contributed by atoms with Gasteiger partial charge in [0.25, 0.3) is 5.91 Å². The van der Waals surface area contributed by atoms with Gasteiger partial charge in [-0.25, -0.2) is 4.79 Å². The molecule has 0 spiro atoms. The van der Waals surface area contributed by atoms with Crippen molar-refractivity contribution >= 4 is 45.9 Å². The molecule has 1 aliphatic rings. The van der Waals surface area contributed by atoms with E-state index >= 15 is 0 Å². The van der Waals surface area contributed by atoms with Crippen LogP contribution in [0.2, 0.25) is 0 Å². The lowest BCUT2D eigenvalue weighted by Crippen LogP contribution is -2.25. The number of carbonyl (C=O) groups excluding carboxylic acids is 3. The summed E-state index contributed by atoms with van der Waals surface area (Å²) in [5.41, 5.74) is 2.62. The van der Waals surface area contributed by atoms with E-state index in [1.54, 1.807) is 26.0 Å². The van der Waals surface area contributed by atoms with Crippen molar-refractivity contribution in [3.8, 4) is 0 Å². The van der Waals surface area contributed by atoms with Crippen LogP contribution in [0, 0.1) is 0 Å². The van der Waals surface area contributed by atoms with Gasteiger partial charge in [-0.15, -0.1) is 21.5 Å². The number of thiophene rings is 1. The van der Waals surface area contributed by atoms with Gasteiger partial charge in [0.15, 0.2) is 16.7 Å². The summed E-state index contributed by atoms with van der Waals surface area (Å²) in [5.74, 6) is -0.220. The van der Waals surface area contributed by atoms with Crippen molar-refractivity contribution in [2.45, 2.75) is 63.0 Å². The molecule has 5 rings (SSSR count). The van der Waals surface area contributed by atoms with Gasteiger partial charge < -0.3 is 24.4 Å². The smallest absolute Gasteiger partial charge is 0.341 e. The van der Waals surface area contributed by atoms with Crippen LogP contribution < -0.4 is 10.6 Å². The average molecular weight is 594 g/mol. The largest absolute Gasteiger partial charge is 0.462 e. The molecule has 0 fully saturated rings. The molecule has 0 unspecified atom stereocenters. The molecule has 10 nitrogen and oxygen atoms in total. The van der Waals surface area contributed by atoms with Gasteiger partial charge in [0.2, 0.25) is 5.91 Å². The Kier molecular flexibility index (Phi) is 9.20. The average Bonchev–Trinajstić information content (AvgIpc) is 3.77. The number of hydrogen-bond acceptors (Lipinski definition) is 9. The van der Waals surface area contributed by atoms with Gasteiger partial charge in [0.05, 0.1) is 30.2 Å². The number of esters is 1. The molecule has 1 aromatic carbocycles. The Morgan fingerprint density at radius 1 is 1.15 bits per heavy atom. The van der Waals surface area contributed by atoms with Crippen molar-refractivity contribution in [2.75, 3.05) is 11.9 Å². The van der Waals surface area contributed by atoms with Crippen LogP contribution in [0.15, 0.2) is 58.3 Å². The molecular weight excluding hydrogens is 562 g/mol. The summed E-state index contributed by atoms with van der Waals surface area (Å²) in [6.07, 6.45) is 4.87. The minimum Gasteiger partial charge on any atom is -0.462 e. The highest BCUT2D eigenvalue weighted by Crippen LogP contribution is 2.40. The first-order valence-electron chi connectivity index (χ1n) is 13.5. The van der Waals surface area contributed by atoms with E-state index in [0.29, 0.717) is 28.1 Å².